The molecule has 0 bridgehead atoms. The van der Waals surface area contributed by atoms with Crippen molar-refractivity contribution in [2.24, 2.45) is 0 Å². The van der Waals surface area contributed by atoms with Gasteiger partial charge in [-0.3, -0.25) is 0 Å². The number of benzene rings is 1. The van der Waals surface area contributed by atoms with Crippen molar-refractivity contribution in [1.82, 2.24) is 9.97 Å². The highest BCUT2D eigenvalue weighted by molar-refractivity contribution is 6.30. The van der Waals surface area contributed by atoms with Gasteiger partial charge >= 0.3 is 0 Å². The average Bonchev–Trinajstić information content (AvgIpc) is 2.34. The maximum Gasteiger partial charge on any atom is 0.223 e. The van der Waals surface area contributed by atoms with Gasteiger partial charge in [-0.1, -0.05) is 30.7 Å². The van der Waals surface area contributed by atoms with Gasteiger partial charge in [0.2, 0.25) is 5.95 Å². The number of rotatable bonds is 4. The van der Waals surface area contributed by atoms with Gasteiger partial charge < -0.3 is 5.32 Å². The van der Waals surface area contributed by atoms with E-state index in [1.165, 1.54) is 0 Å². The number of hydrogen-bond acceptors (Lipinski definition) is 3. The first-order chi connectivity index (χ1) is 9.08. The van der Waals surface area contributed by atoms with E-state index >= 15 is 0 Å². The highest BCUT2D eigenvalue weighted by Gasteiger charge is 2.11. The van der Waals surface area contributed by atoms with Crippen molar-refractivity contribution in [3.05, 3.63) is 52.3 Å². The molecule has 100 valence electrons. The predicted molar refractivity (Wildman–Crippen MR) is 79.6 cm³/mol. The molecule has 1 aromatic carbocycles. The molecule has 0 amide bonds. The molecule has 2 aromatic rings. The Morgan fingerprint density at radius 1 is 1.16 bits per heavy atom. The zero-order valence-corrected chi connectivity index (χ0v) is 12.2. The van der Waals surface area contributed by atoms with E-state index < -0.39 is 0 Å². The van der Waals surface area contributed by atoms with Crippen LogP contribution < -0.4 is 5.32 Å². The van der Waals surface area contributed by atoms with Crippen LogP contribution in [0.25, 0.3) is 0 Å². The van der Waals surface area contributed by atoms with Gasteiger partial charge in [0.1, 0.15) is 0 Å². The van der Waals surface area contributed by atoms with Crippen molar-refractivity contribution in [1.29, 1.82) is 0 Å². The molecule has 2 rings (SSSR count). The van der Waals surface area contributed by atoms with Gasteiger partial charge in [0.25, 0.3) is 0 Å². The van der Waals surface area contributed by atoms with Gasteiger partial charge in [0.15, 0.2) is 0 Å². The summed E-state index contributed by atoms with van der Waals surface area (Å²) in [5.41, 5.74) is 3.09. The fraction of sp³-hybridized carbons (Fsp3) is 0.333. The van der Waals surface area contributed by atoms with Gasteiger partial charge in [-0.05, 0) is 44.0 Å². The van der Waals surface area contributed by atoms with Crippen LogP contribution in [0.3, 0.4) is 0 Å². The highest BCUT2D eigenvalue weighted by Crippen LogP contribution is 2.23. The molecular formula is C15H18ClN3. The van der Waals surface area contributed by atoms with Crippen LogP contribution in [0.5, 0.6) is 0 Å². The first-order valence-electron chi connectivity index (χ1n) is 6.42. The van der Waals surface area contributed by atoms with E-state index in [-0.39, 0.29) is 6.04 Å². The first kappa shape index (κ1) is 13.8. The lowest BCUT2D eigenvalue weighted by atomic mass is 10.1. The topological polar surface area (TPSA) is 37.8 Å². The smallest absolute Gasteiger partial charge is 0.223 e. The highest BCUT2D eigenvalue weighted by atomic mass is 35.5. The summed E-state index contributed by atoms with van der Waals surface area (Å²) < 4.78 is 0. The van der Waals surface area contributed by atoms with E-state index in [1.54, 1.807) is 0 Å². The molecule has 0 radical (unpaired) electrons. The summed E-state index contributed by atoms with van der Waals surface area (Å²) in [4.78, 5) is 8.83. The Morgan fingerprint density at radius 3 is 2.42 bits per heavy atom. The van der Waals surface area contributed by atoms with Crippen molar-refractivity contribution in [2.45, 2.75) is 33.2 Å². The standard InChI is InChI=1S/C15H18ClN3/c1-4-14(12-6-5-7-13(16)9-12)19-15-17-10(2)8-11(3)18-15/h5-9,14H,4H2,1-3H3,(H,17,18,19). The summed E-state index contributed by atoms with van der Waals surface area (Å²) in [6, 6.07) is 10.0. The number of nitrogens with one attached hydrogen (secondary N) is 1. The van der Waals surface area contributed by atoms with Crippen molar-refractivity contribution in [3.63, 3.8) is 0 Å². The quantitative estimate of drug-likeness (QED) is 0.903. The Hall–Kier alpha value is -1.61. The second-order valence-electron chi connectivity index (χ2n) is 4.63. The third-order valence-electron chi connectivity index (χ3n) is 2.94. The molecule has 19 heavy (non-hydrogen) atoms. The van der Waals surface area contributed by atoms with E-state index in [1.807, 2.05) is 38.1 Å². The monoisotopic (exact) mass is 275 g/mol. The molecule has 4 heteroatoms. The zero-order chi connectivity index (χ0) is 13.8. The van der Waals surface area contributed by atoms with Crippen LogP contribution in [-0.4, -0.2) is 9.97 Å². The third kappa shape index (κ3) is 3.67. The fourth-order valence-electron chi connectivity index (χ4n) is 2.09. The molecule has 1 atom stereocenters. The molecular weight excluding hydrogens is 258 g/mol. The van der Waals surface area contributed by atoms with Crippen molar-refractivity contribution >= 4 is 17.5 Å². The second-order valence-corrected chi connectivity index (χ2v) is 5.07. The molecule has 0 saturated heterocycles. The maximum atomic E-state index is 6.04. The van der Waals surface area contributed by atoms with E-state index in [9.17, 15) is 0 Å². The summed E-state index contributed by atoms with van der Waals surface area (Å²) in [6.45, 7) is 6.07. The number of anilines is 1. The summed E-state index contributed by atoms with van der Waals surface area (Å²) in [5, 5.41) is 4.12. The number of aromatic nitrogens is 2. The lowest BCUT2D eigenvalue weighted by molar-refractivity contribution is 0.736. The maximum absolute atomic E-state index is 6.04. The normalized spacial score (nSPS) is 12.2. The molecule has 0 spiro atoms. The van der Waals surface area contributed by atoms with Crippen molar-refractivity contribution in [2.75, 3.05) is 5.32 Å². The van der Waals surface area contributed by atoms with Gasteiger partial charge in [-0.25, -0.2) is 9.97 Å². The van der Waals surface area contributed by atoms with E-state index in [2.05, 4.69) is 28.3 Å². The molecule has 0 aliphatic carbocycles. The Balaban J connectivity index is 2.23. The Morgan fingerprint density at radius 2 is 1.84 bits per heavy atom. The second kappa shape index (κ2) is 6.02. The van der Waals surface area contributed by atoms with E-state index in [4.69, 9.17) is 11.6 Å². The zero-order valence-electron chi connectivity index (χ0n) is 11.4. The van der Waals surface area contributed by atoms with Crippen LogP contribution in [0.2, 0.25) is 5.02 Å². The minimum absolute atomic E-state index is 0.167. The van der Waals surface area contributed by atoms with Gasteiger partial charge in [0, 0.05) is 16.4 Å². The van der Waals surface area contributed by atoms with Crippen LogP contribution in [0.4, 0.5) is 5.95 Å². The first-order valence-corrected chi connectivity index (χ1v) is 6.80. The summed E-state index contributed by atoms with van der Waals surface area (Å²) in [5.74, 6) is 0.671. The molecule has 1 N–H and O–H groups in total. The van der Waals surface area contributed by atoms with Crippen LogP contribution in [0, 0.1) is 13.8 Å². The summed E-state index contributed by atoms with van der Waals surface area (Å²) >= 11 is 6.04. The van der Waals surface area contributed by atoms with Gasteiger partial charge in [-0.15, -0.1) is 0 Å². The number of aryl methyl sites for hydroxylation is 2. The van der Waals surface area contributed by atoms with Crippen LogP contribution in [0.15, 0.2) is 30.3 Å². The Bertz CT molecular complexity index is 549. The molecule has 1 aromatic heterocycles. The molecule has 0 aliphatic rings. The number of nitrogens with zero attached hydrogens (tertiary/aromatic N) is 2. The van der Waals surface area contributed by atoms with Crippen molar-refractivity contribution < 1.29 is 0 Å². The van der Waals surface area contributed by atoms with E-state index in [0.29, 0.717) is 5.95 Å². The largest absolute Gasteiger partial charge is 0.347 e. The number of hydrogen-bond donors (Lipinski definition) is 1. The SMILES string of the molecule is CCC(Nc1nc(C)cc(C)n1)c1cccc(Cl)c1. The predicted octanol–water partition coefficient (Wildman–Crippen LogP) is 4.31. The van der Waals surface area contributed by atoms with Crippen LogP contribution >= 0.6 is 11.6 Å². The minimum atomic E-state index is 0.167. The molecule has 0 saturated carbocycles. The number of halogens is 1. The lowest BCUT2D eigenvalue weighted by Gasteiger charge is -2.18. The Labute approximate surface area is 119 Å². The summed E-state index contributed by atoms with van der Waals surface area (Å²) in [7, 11) is 0. The van der Waals surface area contributed by atoms with Gasteiger partial charge in [-0.2, -0.15) is 0 Å². The van der Waals surface area contributed by atoms with Gasteiger partial charge in [0.05, 0.1) is 6.04 Å². The molecule has 0 fully saturated rings. The molecule has 3 nitrogen and oxygen atoms in total. The van der Waals surface area contributed by atoms with E-state index in [0.717, 1.165) is 28.4 Å². The minimum Gasteiger partial charge on any atom is -0.347 e. The Kier molecular flexibility index (Phi) is 4.38. The molecule has 1 unspecified atom stereocenters. The third-order valence-corrected chi connectivity index (χ3v) is 3.18. The summed E-state index contributed by atoms with van der Waals surface area (Å²) in [6.07, 6.45) is 0.941. The molecule has 0 aliphatic heterocycles. The fourth-order valence-corrected chi connectivity index (χ4v) is 2.29. The molecule has 1 heterocycles. The van der Waals surface area contributed by atoms with Crippen LogP contribution in [-0.2, 0) is 0 Å². The average molecular weight is 276 g/mol. The van der Waals surface area contributed by atoms with Crippen molar-refractivity contribution in [3.8, 4) is 0 Å². The van der Waals surface area contributed by atoms with Crippen LogP contribution in [0.1, 0.15) is 36.3 Å². The lowest BCUT2D eigenvalue weighted by Crippen LogP contribution is -2.12.